The molecule has 0 amide bonds. The van der Waals surface area contributed by atoms with Gasteiger partial charge in [-0.2, -0.15) is 0 Å². The summed E-state index contributed by atoms with van der Waals surface area (Å²) in [5.41, 5.74) is 8.10. The van der Waals surface area contributed by atoms with Crippen molar-refractivity contribution in [2.75, 3.05) is 0 Å². The molecule has 2 N–H and O–H groups in total. The average Bonchev–Trinajstić information content (AvgIpc) is 2.65. The summed E-state index contributed by atoms with van der Waals surface area (Å²) in [4.78, 5) is 8.32. The third kappa shape index (κ3) is 1.65. The Hall–Kier alpha value is -1.68. The summed E-state index contributed by atoms with van der Waals surface area (Å²) < 4.78 is 5.27. The summed E-state index contributed by atoms with van der Waals surface area (Å²) in [6, 6.07) is 3.73. The summed E-state index contributed by atoms with van der Waals surface area (Å²) in [6.07, 6.45) is 3.33. The fourth-order valence-electron chi connectivity index (χ4n) is 1.21. The highest BCUT2D eigenvalue weighted by atomic mass is 16.3. The van der Waals surface area contributed by atoms with Crippen LogP contribution in [0.1, 0.15) is 11.4 Å². The van der Waals surface area contributed by atoms with Crippen molar-refractivity contribution < 1.29 is 4.42 Å². The van der Waals surface area contributed by atoms with Crippen LogP contribution in [0, 0.1) is 6.92 Å². The van der Waals surface area contributed by atoms with Crippen LogP contribution in [0.4, 0.5) is 0 Å². The molecule has 0 bridgehead atoms. The van der Waals surface area contributed by atoms with Crippen LogP contribution in [-0.2, 0) is 6.54 Å². The molecule has 0 aliphatic carbocycles. The lowest BCUT2D eigenvalue weighted by Crippen LogP contribution is -1.98. The van der Waals surface area contributed by atoms with Crippen LogP contribution in [0.5, 0.6) is 0 Å². The van der Waals surface area contributed by atoms with Crippen LogP contribution >= 0.6 is 0 Å². The van der Waals surface area contributed by atoms with Crippen LogP contribution in [0.2, 0.25) is 0 Å². The second-order valence-electron chi connectivity index (χ2n) is 3.03. The monoisotopic (exact) mass is 189 g/mol. The van der Waals surface area contributed by atoms with Crippen LogP contribution in [0.15, 0.2) is 29.0 Å². The first kappa shape index (κ1) is 8.90. The van der Waals surface area contributed by atoms with Gasteiger partial charge in [-0.05, 0) is 19.1 Å². The van der Waals surface area contributed by atoms with Crippen LogP contribution in [-0.4, -0.2) is 9.97 Å². The number of nitrogens with two attached hydrogens (primary N) is 1. The molecule has 0 aliphatic heterocycles. The van der Waals surface area contributed by atoms with Gasteiger partial charge in [-0.25, -0.2) is 4.98 Å². The summed E-state index contributed by atoms with van der Waals surface area (Å²) in [5, 5.41) is 0. The van der Waals surface area contributed by atoms with E-state index in [-0.39, 0.29) is 0 Å². The lowest BCUT2D eigenvalue weighted by Gasteiger charge is -1.97. The first-order chi connectivity index (χ1) is 6.79. The van der Waals surface area contributed by atoms with Crippen molar-refractivity contribution >= 4 is 0 Å². The van der Waals surface area contributed by atoms with Crippen LogP contribution < -0.4 is 5.73 Å². The quantitative estimate of drug-likeness (QED) is 0.777. The molecule has 0 unspecified atom stereocenters. The fraction of sp³-hybridized carbons (Fsp3) is 0.200. The van der Waals surface area contributed by atoms with Gasteiger partial charge in [0.05, 0.1) is 11.4 Å². The van der Waals surface area contributed by atoms with Crippen molar-refractivity contribution in [2.45, 2.75) is 13.5 Å². The fourth-order valence-corrected chi connectivity index (χ4v) is 1.21. The van der Waals surface area contributed by atoms with Gasteiger partial charge in [0, 0.05) is 18.3 Å². The lowest BCUT2D eigenvalue weighted by atomic mass is 10.2. The van der Waals surface area contributed by atoms with E-state index in [9.17, 15) is 0 Å². The van der Waals surface area contributed by atoms with E-state index in [1.165, 1.54) is 0 Å². The van der Waals surface area contributed by atoms with E-state index in [0.717, 1.165) is 17.0 Å². The summed E-state index contributed by atoms with van der Waals surface area (Å²) in [7, 11) is 0. The van der Waals surface area contributed by atoms with Crippen molar-refractivity contribution in [3.05, 3.63) is 36.0 Å². The second-order valence-corrected chi connectivity index (χ2v) is 3.03. The Morgan fingerprint density at radius 2 is 2.36 bits per heavy atom. The van der Waals surface area contributed by atoms with E-state index < -0.39 is 0 Å². The molecular formula is C10H11N3O. The smallest absolute Gasteiger partial charge is 0.226 e. The second kappa shape index (κ2) is 3.59. The minimum Gasteiger partial charge on any atom is -0.444 e. The number of hydrogen-bond donors (Lipinski definition) is 1. The minimum atomic E-state index is 0.424. The van der Waals surface area contributed by atoms with Crippen molar-refractivity contribution in [2.24, 2.45) is 5.73 Å². The summed E-state index contributed by atoms with van der Waals surface area (Å²) in [5.74, 6) is 0.611. The molecule has 2 heterocycles. The van der Waals surface area contributed by atoms with Crippen molar-refractivity contribution in [1.29, 1.82) is 0 Å². The number of aromatic nitrogens is 2. The summed E-state index contributed by atoms with van der Waals surface area (Å²) >= 11 is 0. The van der Waals surface area contributed by atoms with Gasteiger partial charge in [0.15, 0.2) is 0 Å². The van der Waals surface area contributed by atoms with Gasteiger partial charge >= 0.3 is 0 Å². The maximum absolute atomic E-state index is 5.49. The zero-order valence-corrected chi connectivity index (χ0v) is 7.90. The number of hydrogen-bond acceptors (Lipinski definition) is 4. The highest BCUT2D eigenvalue weighted by Gasteiger charge is 2.04. The Bertz CT molecular complexity index is 436. The third-order valence-electron chi connectivity index (χ3n) is 1.89. The zero-order valence-electron chi connectivity index (χ0n) is 7.90. The number of aryl methyl sites for hydroxylation is 1. The Morgan fingerprint density at radius 1 is 1.50 bits per heavy atom. The van der Waals surface area contributed by atoms with Gasteiger partial charge < -0.3 is 10.2 Å². The molecule has 0 saturated carbocycles. The standard InChI is InChI=1S/C10H11N3O/c1-7-6-14-10(13-7)8-2-3-12-9(4-8)5-11/h2-4,6H,5,11H2,1H3. The molecule has 0 atom stereocenters. The normalized spacial score (nSPS) is 10.4. The van der Waals surface area contributed by atoms with E-state index in [4.69, 9.17) is 10.2 Å². The molecule has 2 aromatic rings. The number of rotatable bonds is 2. The molecule has 0 radical (unpaired) electrons. The van der Waals surface area contributed by atoms with Gasteiger partial charge in [0.1, 0.15) is 6.26 Å². The molecule has 0 aromatic carbocycles. The van der Waals surface area contributed by atoms with Crippen LogP contribution in [0.25, 0.3) is 11.5 Å². The first-order valence-electron chi connectivity index (χ1n) is 4.37. The molecule has 0 fully saturated rings. The highest BCUT2D eigenvalue weighted by molar-refractivity contribution is 5.52. The molecule has 0 saturated heterocycles. The molecular weight excluding hydrogens is 178 g/mol. The zero-order chi connectivity index (χ0) is 9.97. The Kier molecular flexibility index (Phi) is 2.28. The van der Waals surface area contributed by atoms with E-state index in [1.54, 1.807) is 12.5 Å². The first-order valence-corrected chi connectivity index (χ1v) is 4.37. The molecule has 2 aromatic heterocycles. The molecule has 0 spiro atoms. The largest absolute Gasteiger partial charge is 0.444 e. The molecule has 2 rings (SSSR count). The minimum absolute atomic E-state index is 0.424. The molecule has 4 heteroatoms. The van der Waals surface area contributed by atoms with Gasteiger partial charge in [0.25, 0.3) is 0 Å². The van der Waals surface area contributed by atoms with Crippen molar-refractivity contribution in [3.8, 4) is 11.5 Å². The van der Waals surface area contributed by atoms with E-state index in [0.29, 0.717) is 12.4 Å². The SMILES string of the molecule is Cc1coc(-c2ccnc(CN)c2)n1. The predicted octanol–water partition coefficient (Wildman–Crippen LogP) is 1.50. The molecule has 4 nitrogen and oxygen atoms in total. The van der Waals surface area contributed by atoms with Gasteiger partial charge in [-0.3, -0.25) is 4.98 Å². The maximum Gasteiger partial charge on any atom is 0.226 e. The molecule has 0 aliphatic rings. The Labute approximate surface area is 81.8 Å². The van der Waals surface area contributed by atoms with E-state index >= 15 is 0 Å². The van der Waals surface area contributed by atoms with Gasteiger partial charge in [-0.1, -0.05) is 0 Å². The lowest BCUT2D eigenvalue weighted by molar-refractivity contribution is 0.573. The summed E-state index contributed by atoms with van der Waals surface area (Å²) in [6.45, 7) is 2.31. The van der Waals surface area contributed by atoms with E-state index in [1.807, 2.05) is 19.1 Å². The van der Waals surface area contributed by atoms with E-state index in [2.05, 4.69) is 9.97 Å². The number of pyridine rings is 1. The Morgan fingerprint density at radius 3 is 3.00 bits per heavy atom. The average molecular weight is 189 g/mol. The van der Waals surface area contributed by atoms with Gasteiger partial charge in [0.2, 0.25) is 5.89 Å². The number of oxazole rings is 1. The van der Waals surface area contributed by atoms with Crippen LogP contribution in [0.3, 0.4) is 0 Å². The predicted molar refractivity (Wildman–Crippen MR) is 52.4 cm³/mol. The van der Waals surface area contributed by atoms with Crippen molar-refractivity contribution in [3.63, 3.8) is 0 Å². The third-order valence-corrected chi connectivity index (χ3v) is 1.89. The molecule has 72 valence electrons. The highest BCUT2D eigenvalue weighted by Crippen LogP contribution is 2.18. The van der Waals surface area contributed by atoms with Crippen molar-refractivity contribution in [1.82, 2.24) is 9.97 Å². The van der Waals surface area contributed by atoms with Gasteiger partial charge in [-0.15, -0.1) is 0 Å². The number of nitrogens with zero attached hydrogens (tertiary/aromatic N) is 2. The Balaban J connectivity index is 2.41. The maximum atomic E-state index is 5.49. The molecule has 14 heavy (non-hydrogen) atoms. The topological polar surface area (TPSA) is 64.9 Å².